The van der Waals surface area contributed by atoms with Crippen molar-refractivity contribution in [3.8, 4) is 10.6 Å². The number of carbonyl (C=O) groups excluding carboxylic acids is 1. The summed E-state index contributed by atoms with van der Waals surface area (Å²) in [5.41, 5.74) is 9.36. The molecule has 4 atom stereocenters. The number of aliphatic hydroxyl groups is 3. The van der Waals surface area contributed by atoms with Crippen LogP contribution in [0.15, 0.2) is 78.4 Å². The largest absolute Gasteiger partial charge is 0.394 e. The van der Waals surface area contributed by atoms with Gasteiger partial charge in [-0.15, -0.1) is 11.3 Å². The Hall–Kier alpha value is -3.60. The van der Waals surface area contributed by atoms with Crippen LogP contribution in [0, 0.1) is 5.92 Å². The molecule has 1 saturated heterocycles. The molecule has 5 N–H and O–H groups in total. The number of fused-ring (bicyclic) bond motifs is 2. The Morgan fingerprint density at radius 1 is 1.13 bits per heavy atom. The summed E-state index contributed by atoms with van der Waals surface area (Å²) in [6.45, 7) is 2.23. The summed E-state index contributed by atoms with van der Waals surface area (Å²) in [6.07, 6.45) is 2.09. The highest BCUT2D eigenvalue weighted by molar-refractivity contribution is 7.13. The molecule has 1 aliphatic rings. The average molecular weight is 546 g/mol. The minimum Gasteiger partial charge on any atom is -0.394 e. The minimum absolute atomic E-state index is 0.152. The molecule has 0 saturated carbocycles. The van der Waals surface area contributed by atoms with Crippen molar-refractivity contribution in [3.05, 3.63) is 89.6 Å². The summed E-state index contributed by atoms with van der Waals surface area (Å²) in [4.78, 5) is 16.4. The minimum atomic E-state index is -0.948. The fourth-order valence-electron chi connectivity index (χ4n) is 4.83. The van der Waals surface area contributed by atoms with E-state index in [1.54, 1.807) is 24.5 Å². The third kappa shape index (κ3) is 5.88. The predicted molar refractivity (Wildman–Crippen MR) is 152 cm³/mol. The molecule has 6 rings (SSSR count). The van der Waals surface area contributed by atoms with Crippen molar-refractivity contribution in [1.82, 2.24) is 9.55 Å². The maximum absolute atomic E-state index is 12.0. The van der Waals surface area contributed by atoms with Gasteiger partial charge in [0.25, 0.3) is 5.91 Å². The van der Waals surface area contributed by atoms with Gasteiger partial charge in [0.1, 0.15) is 5.01 Å². The van der Waals surface area contributed by atoms with Gasteiger partial charge < -0.3 is 30.4 Å². The van der Waals surface area contributed by atoms with E-state index in [9.17, 15) is 9.90 Å². The van der Waals surface area contributed by atoms with Gasteiger partial charge in [0.15, 0.2) is 6.29 Å². The number of ether oxygens (including phenoxy) is 1. The lowest BCUT2D eigenvalue weighted by Crippen LogP contribution is -2.43. The van der Waals surface area contributed by atoms with E-state index in [1.165, 1.54) is 16.3 Å². The molecule has 5 aromatic rings. The van der Waals surface area contributed by atoms with E-state index in [0.717, 1.165) is 21.5 Å². The topological polar surface area (TPSA) is 131 Å². The number of hydrogen-bond acceptors (Lipinski definition) is 7. The van der Waals surface area contributed by atoms with Gasteiger partial charge in [-0.2, -0.15) is 0 Å². The predicted octanol–water partition coefficient (Wildman–Crippen LogP) is 4.15. The molecule has 0 aliphatic carbocycles. The second kappa shape index (κ2) is 11.6. The van der Waals surface area contributed by atoms with E-state index in [-0.39, 0.29) is 12.5 Å². The molecule has 0 spiro atoms. The van der Waals surface area contributed by atoms with Crippen molar-refractivity contribution in [1.29, 1.82) is 0 Å². The van der Waals surface area contributed by atoms with E-state index >= 15 is 0 Å². The van der Waals surface area contributed by atoms with Crippen LogP contribution in [-0.4, -0.2) is 55.9 Å². The first-order valence-corrected chi connectivity index (χ1v) is 13.6. The molecule has 0 bridgehead atoms. The van der Waals surface area contributed by atoms with Crippen molar-refractivity contribution in [2.24, 2.45) is 11.7 Å². The second-order valence-electron chi connectivity index (χ2n) is 9.78. The number of hydrogen-bond donors (Lipinski definition) is 4. The number of primary amides is 1. The van der Waals surface area contributed by atoms with Gasteiger partial charge >= 0.3 is 0 Å². The van der Waals surface area contributed by atoms with Crippen molar-refractivity contribution in [2.45, 2.75) is 38.4 Å². The fourth-order valence-corrected chi connectivity index (χ4v) is 5.46. The molecule has 0 radical (unpaired) electrons. The van der Waals surface area contributed by atoms with Crippen LogP contribution >= 0.6 is 11.3 Å². The Morgan fingerprint density at radius 2 is 1.92 bits per heavy atom. The van der Waals surface area contributed by atoms with Gasteiger partial charge in [-0.3, -0.25) is 4.79 Å². The number of rotatable bonds is 5. The normalized spacial score (nSPS) is 21.0. The lowest BCUT2D eigenvalue weighted by atomic mass is 9.95. The van der Waals surface area contributed by atoms with Crippen LogP contribution in [0.25, 0.3) is 32.2 Å². The van der Waals surface area contributed by atoms with Gasteiger partial charge in [-0.05, 0) is 40.6 Å². The zero-order valence-electron chi connectivity index (χ0n) is 21.5. The standard InChI is InChI=1S/C23H17N3OS.C7H14O4/c24-22(27)20-14-26(13-15-5-6-16-3-1-2-4-17(16)11-15)21-8-7-18(12-19(20)21)23-25-9-10-28-23;1-4-6(9)2-5(3-8)11-7(4)10/h1-12,14H,13H2,(H2,24,27);4-10H,2-3H2,1H3. The van der Waals surface area contributed by atoms with Gasteiger partial charge in [0.05, 0.1) is 24.4 Å². The third-order valence-electron chi connectivity index (χ3n) is 7.09. The van der Waals surface area contributed by atoms with Crippen LogP contribution in [0.2, 0.25) is 0 Å². The van der Waals surface area contributed by atoms with E-state index in [0.29, 0.717) is 18.5 Å². The molecule has 3 aromatic carbocycles. The van der Waals surface area contributed by atoms with Crippen molar-refractivity contribution >= 4 is 38.9 Å². The molecule has 3 heterocycles. The van der Waals surface area contributed by atoms with E-state index in [1.807, 2.05) is 41.9 Å². The third-order valence-corrected chi connectivity index (χ3v) is 7.91. The van der Waals surface area contributed by atoms with E-state index < -0.39 is 24.4 Å². The fraction of sp³-hybridized carbons (Fsp3) is 0.267. The maximum Gasteiger partial charge on any atom is 0.250 e. The quantitative estimate of drug-likeness (QED) is 0.263. The van der Waals surface area contributed by atoms with E-state index in [4.69, 9.17) is 20.7 Å². The highest BCUT2D eigenvalue weighted by Crippen LogP contribution is 2.30. The summed E-state index contributed by atoms with van der Waals surface area (Å²) >= 11 is 1.58. The first-order chi connectivity index (χ1) is 18.8. The van der Waals surface area contributed by atoms with E-state index in [2.05, 4.69) is 39.9 Å². The number of amides is 1. The lowest BCUT2D eigenvalue weighted by Gasteiger charge is -2.34. The van der Waals surface area contributed by atoms with Crippen LogP contribution in [0.4, 0.5) is 0 Å². The van der Waals surface area contributed by atoms with Gasteiger partial charge in [0, 0.05) is 53.1 Å². The maximum atomic E-state index is 12.0. The second-order valence-corrected chi connectivity index (χ2v) is 10.7. The highest BCUT2D eigenvalue weighted by Gasteiger charge is 2.33. The Balaban J connectivity index is 0.000000237. The van der Waals surface area contributed by atoms with Crippen LogP contribution in [0.3, 0.4) is 0 Å². The summed E-state index contributed by atoms with van der Waals surface area (Å²) in [5, 5.41) is 33.3. The molecule has 9 heteroatoms. The molecule has 1 amide bonds. The first kappa shape index (κ1) is 27.0. The van der Waals surface area contributed by atoms with Crippen LogP contribution in [-0.2, 0) is 11.3 Å². The molecule has 2 aromatic heterocycles. The Kier molecular flexibility index (Phi) is 8.06. The zero-order chi connectivity index (χ0) is 27.5. The Labute approximate surface area is 229 Å². The van der Waals surface area contributed by atoms with Crippen molar-refractivity contribution < 1.29 is 24.9 Å². The summed E-state index contributed by atoms with van der Waals surface area (Å²) in [7, 11) is 0. The van der Waals surface area contributed by atoms with Gasteiger partial charge in [0.2, 0.25) is 0 Å². The molecule has 1 aliphatic heterocycles. The summed E-state index contributed by atoms with van der Waals surface area (Å²) in [5.74, 6) is -0.684. The van der Waals surface area contributed by atoms with Crippen molar-refractivity contribution in [2.75, 3.05) is 6.61 Å². The average Bonchev–Trinajstić information content (AvgIpc) is 3.60. The summed E-state index contributed by atoms with van der Waals surface area (Å²) in [6, 6.07) is 20.8. The number of aliphatic hydroxyl groups excluding tert-OH is 3. The smallest absolute Gasteiger partial charge is 0.250 e. The lowest BCUT2D eigenvalue weighted by molar-refractivity contribution is -0.226. The number of carbonyl (C=O) groups is 1. The Bertz CT molecular complexity index is 1570. The Morgan fingerprint density at radius 3 is 2.62 bits per heavy atom. The van der Waals surface area contributed by atoms with Crippen LogP contribution in [0.1, 0.15) is 29.3 Å². The number of benzene rings is 3. The van der Waals surface area contributed by atoms with Crippen molar-refractivity contribution in [3.63, 3.8) is 0 Å². The highest BCUT2D eigenvalue weighted by atomic mass is 32.1. The number of nitrogens with zero attached hydrogens (tertiary/aromatic N) is 2. The monoisotopic (exact) mass is 545 g/mol. The first-order valence-electron chi connectivity index (χ1n) is 12.8. The van der Waals surface area contributed by atoms with Gasteiger partial charge in [-0.1, -0.05) is 43.3 Å². The number of nitrogens with two attached hydrogens (primary N) is 1. The van der Waals surface area contributed by atoms with Crippen LogP contribution in [0.5, 0.6) is 0 Å². The molecule has 4 unspecified atom stereocenters. The zero-order valence-corrected chi connectivity index (χ0v) is 22.3. The molecule has 202 valence electrons. The SMILES string of the molecule is CC1C(O)CC(CO)OC1O.NC(=O)c1cn(Cc2ccc3ccccc3c2)c2ccc(-c3nccs3)cc12. The molecule has 1 fully saturated rings. The summed E-state index contributed by atoms with van der Waals surface area (Å²) < 4.78 is 7.05. The molecular weight excluding hydrogens is 514 g/mol. The molecular formula is C30H31N3O5S. The molecule has 39 heavy (non-hydrogen) atoms. The number of thiazole rings is 1. The molecule has 8 nitrogen and oxygen atoms in total. The van der Waals surface area contributed by atoms with Crippen LogP contribution < -0.4 is 5.73 Å². The van der Waals surface area contributed by atoms with Gasteiger partial charge in [-0.25, -0.2) is 4.98 Å². The number of aromatic nitrogens is 2.